The molecule has 0 bridgehead atoms. The van der Waals surface area contributed by atoms with Crippen LogP contribution in [0.4, 0.5) is 0 Å². The third-order valence-corrected chi connectivity index (χ3v) is 6.22. The zero-order valence-corrected chi connectivity index (χ0v) is 18.3. The molecule has 1 saturated heterocycles. The number of hydrogen-bond acceptors (Lipinski definition) is 5. The van der Waals surface area contributed by atoms with Gasteiger partial charge in [0.1, 0.15) is 0 Å². The molecule has 1 atom stereocenters. The smallest absolute Gasteiger partial charge is 0.274 e. The third-order valence-electron chi connectivity index (χ3n) is 6.22. The number of hydroxylamine groups is 1. The van der Waals surface area contributed by atoms with Gasteiger partial charge < -0.3 is 9.64 Å². The van der Waals surface area contributed by atoms with Crippen LogP contribution in [0.15, 0.2) is 54.6 Å². The molecule has 2 aliphatic heterocycles. The van der Waals surface area contributed by atoms with E-state index in [-0.39, 0.29) is 11.9 Å². The van der Waals surface area contributed by atoms with E-state index in [0.717, 1.165) is 36.2 Å². The monoisotopic (exact) mass is 435 g/mol. The lowest BCUT2D eigenvalue weighted by Gasteiger charge is -2.40. The number of carbonyl (C=O) groups is 2. The quantitative estimate of drug-likeness (QED) is 0.558. The molecule has 0 saturated carbocycles. The number of ether oxygens (including phenoxy) is 1. The molecule has 168 valence electrons. The number of piperazine rings is 1. The highest BCUT2D eigenvalue weighted by atomic mass is 16.5. The maximum absolute atomic E-state index is 13.4. The Bertz CT molecular complexity index is 1000. The van der Waals surface area contributed by atoms with Gasteiger partial charge in [0.15, 0.2) is 0 Å². The number of benzene rings is 2. The molecule has 2 aromatic rings. The van der Waals surface area contributed by atoms with Crippen LogP contribution in [0.5, 0.6) is 0 Å². The normalized spacial score (nSPS) is 19.4. The van der Waals surface area contributed by atoms with Crippen LogP contribution in [0.25, 0.3) is 5.57 Å². The van der Waals surface area contributed by atoms with Crippen molar-refractivity contribution >= 4 is 17.4 Å². The van der Waals surface area contributed by atoms with E-state index in [0.29, 0.717) is 31.9 Å². The van der Waals surface area contributed by atoms with Crippen molar-refractivity contribution in [3.63, 3.8) is 0 Å². The average Bonchev–Trinajstić information content (AvgIpc) is 2.85. The van der Waals surface area contributed by atoms with Crippen LogP contribution in [0.1, 0.15) is 45.2 Å². The van der Waals surface area contributed by atoms with Crippen LogP contribution in [0.3, 0.4) is 0 Å². The van der Waals surface area contributed by atoms with Crippen molar-refractivity contribution < 1.29 is 19.5 Å². The van der Waals surface area contributed by atoms with Gasteiger partial charge in [-0.15, -0.1) is 0 Å². The summed E-state index contributed by atoms with van der Waals surface area (Å²) >= 11 is 0. The molecule has 1 fully saturated rings. The first-order chi connectivity index (χ1) is 15.6. The maximum atomic E-state index is 13.4. The maximum Gasteiger partial charge on any atom is 0.274 e. The summed E-state index contributed by atoms with van der Waals surface area (Å²) in [6, 6.07) is 15.3. The molecule has 2 amide bonds. The molecule has 0 aliphatic carbocycles. The fourth-order valence-electron chi connectivity index (χ4n) is 4.37. The molecular formula is C25H29N3O4. The van der Waals surface area contributed by atoms with Crippen LogP contribution in [-0.4, -0.2) is 65.7 Å². The number of amides is 2. The minimum absolute atomic E-state index is 0.0823. The lowest BCUT2D eigenvalue weighted by atomic mass is 9.95. The summed E-state index contributed by atoms with van der Waals surface area (Å²) in [6.07, 6.45) is 2.90. The average molecular weight is 436 g/mol. The Kier molecular flexibility index (Phi) is 6.99. The first-order valence-electron chi connectivity index (χ1n) is 11.0. The summed E-state index contributed by atoms with van der Waals surface area (Å²) in [5.41, 5.74) is 6.11. The highest BCUT2D eigenvalue weighted by Gasteiger charge is 2.28. The lowest BCUT2D eigenvalue weighted by Crippen LogP contribution is -2.53. The molecule has 2 N–H and O–H groups in total. The summed E-state index contributed by atoms with van der Waals surface area (Å²) in [7, 11) is 0. The van der Waals surface area contributed by atoms with Gasteiger partial charge in [-0.25, -0.2) is 5.48 Å². The number of nitrogens with zero attached hydrogens (tertiary/aromatic N) is 2. The third kappa shape index (κ3) is 4.91. The Hall–Kier alpha value is -3.00. The van der Waals surface area contributed by atoms with E-state index in [2.05, 4.69) is 17.9 Å². The standard InChI is InChI=1S/C25H29N3O4/c1-18-16-28(13-12-27(18)17-19-6-8-21(9-7-19)24(29)26-31)25(30)23-5-3-2-4-22(23)20-10-14-32-15-11-20/h2-10,18,31H,11-17H2,1H3,(H,26,29). The molecule has 1 unspecified atom stereocenters. The minimum atomic E-state index is -0.520. The van der Waals surface area contributed by atoms with Gasteiger partial charge in [0.25, 0.3) is 11.8 Å². The van der Waals surface area contributed by atoms with Gasteiger partial charge in [0.2, 0.25) is 0 Å². The molecular weight excluding hydrogens is 406 g/mol. The van der Waals surface area contributed by atoms with E-state index in [1.54, 1.807) is 17.6 Å². The molecule has 2 heterocycles. The minimum Gasteiger partial charge on any atom is -0.377 e. The molecule has 0 spiro atoms. The predicted molar refractivity (Wildman–Crippen MR) is 121 cm³/mol. The molecule has 7 nitrogen and oxygen atoms in total. The van der Waals surface area contributed by atoms with Crippen LogP contribution in [0.2, 0.25) is 0 Å². The summed E-state index contributed by atoms with van der Waals surface area (Å²) < 4.78 is 5.43. The van der Waals surface area contributed by atoms with Gasteiger partial charge in [-0.1, -0.05) is 36.4 Å². The second kappa shape index (κ2) is 10.1. The Morgan fingerprint density at radius 1 is 1.12 bits per heavy atom. The highest BCUT2D eigenvalue weighted by molar-refractivity contribution is 5.99. The Morgan fingerprint density at radius 3 is 2.59 bits per heavy atom. The molecule has 7 heteroatoms. The summed E-state index contributed by atoms with van der Waals surface area (Å²) in [6.45, 7) is 6.29. The Morgan fingerprint density at radius 2 is 1.91 bits per heavy atom. The number of hydrogen-bond donors (Lipinski definition) is 2. The Balaban J connectivity index is 1.41. The molecule has 0 aromatic heterocycles. The van der Waals surface area contributed by atoms with Gasteiger partial charge in [-0.2, -0.15) is 0 Å². The van der Waals surface area contributed by atoms with Crippen LogP contribution >= 0.6 is 0 Å². The SMILES string of the molecule is CC1CN(C(=O)c2ccccc2C2=CCOCC2)CCN1Cc1ccc(C(=O)NO)cc1. The zero-order chi connectivity index (χ0) is 22.5. The van der Waals surface area contributed by atoms with Gasteiger partial charge >= 0.3 is 0 Å². The molecule has 2 aromatic carbocycles. The van der Waals surface area contributed by atoms with E-state index >= 15 is 0 Å². The van der Waals surface area contributed by atoms with Crippen molar-refractivity contribution in [2.24, 2.45) is 0 Å². The summed E-state index contributed by atoms with van der Waals surface area (Å²) in [5, 5.41) is 8.75. The van der Waals surface area contributed by atoms with Crippen molar-refractivity contribution in [3.05, 3.63) is 76.9 Å². The number of nitrogens with one attached hydrogen (secondary N) is 1. The van der Waals surface area contributed by atoms with Gasteiger partial charge in [0, 0.05) is 43.3 Å². The molecule has 2 aliphatic rings. The summed E-state index contributed by atoms with van der Waals surface area (Å²) in [4.78, 5) is 29.2. The Labute approximate surface area is 188 Å². The first kappa shape index (κ1) is 22.2. The van der Waals surface area contributed by atoms with Crippen LogP contribution < -0.4 is 5.48 Å². The van der Waals surface area contributed by atoms with Crippen LogP contribution in [-0.2, 0) is 11.3 Å². The van der Waals surface area contributed by atoms with Crippen molar-refractivity contribution in [1.29, 1.82) is 0 Å². The van der Waals surface area contributed by atoms with E-state index in [9.17, 15) is 9.59 Å². The number of rotatable bonds is 5. The van der Waals surface area contributed by atoms with Gasteiger partial charge in [0.05, 0.1) is 13.2 Å². The van der Waals surface area contributed by atoms with Crippen molar-refractivity contribution in [2.75, 3.05) is 32.8 Å². The topological polar surface area (TPSA) is 82.1 Å². The van der Waals surface area contributed by atoms with E-state index in [1.165, 1.54) is 5.57 Å². The lowest BCUT2D eigenvalue weighted by molar-refractivity contribution is 0.0495. The zero-order valence-electron chi connectivity index (χ0n) is 18.3. The van der Waals surface area contributed by atoms with Crippen molar-refractivity contribution in [1.82, 2.24) is 15.3 Å². The molecule has 0 radical (unpaired) electrons. The second-order valence-electron chi connectivity index (χ2n) is 8.31. The second-order valence-corrected chi connectivity index (χ2v) is 8.31. The molecule has 4 rings (SSSR count). The van der Waals surface area contributed by atoms with Crippen molar-refractivity contribution in [3.8, 4) is 0 Å². The van der Waals surface area contributed by atoms with E-state index < -0.39 is 5.91 Å². The van der Waals surface area contributed by atoms with Crippen molar-refractivity contribution in [2.45, 2.75) is 25.9 Å². The van der Waals surface area contributed by atoms with Gasteiger partial charge in [-0.3, -0.25) is 19.7 Å². The van der Waals surface area contributed by atoms with E-state index in [1.807, 2.05) is 41.3 Å². The van der Waals surface area contributed by atoms with Gasteiger partial charge in [-0.05, 0) is 48.2 Å². The molecule has 32 heavy (non-hydrogen) atoms. The highest BCUT2D eigenvalue weighted by Crippen LogP contribution is 2.26. The first-order valence-corrected chi connectivity index (χ1v) is 11.0. The number of carbonyl (C=O) groups excluding carboxylic acids is 2. The largest absolute Gasteiger partial charge is 0.377 e. The summed E-state index contributed by atoms with van der Waals surface area (Å²) in [5.74, 6) is -0.437. The van der Waals surface area contributed by atoms with Crippen LogP contribution in [0, 0.1) is 0 Å². The van der Waals surface area contributed by atoms with E-state index in [4.69, 9.17) is 9.94 Å². The predicted octanol–water partition coefficient (Wildman–Crippen LogP) is 2.96. The fraction of sp³-hybridized carbons (Fsp3) is 0.360. The fourth-order valence-corrected chi connectivity index (χ4v) is 4.37.